The molecule has 1 unspecified atom stereocenters. The maximum atomic E-state index is 11.7. The number of aromatic nitrogens is 2. The van der Waals surface area contributed by atoms with Crippen molar-refractivity contribution in [2.45, 2.75) is 38.8 Å². The molecule has 1 aliphatic rings. The molecule has 0 spiro atoms. The minimum atomic E-state index is -0.0582. The fourth-order valence-electron chi connectivity index (χ4n) is 2.08. The molecule has 0 radical (unpaired) electrons. The van der Waals surface area contributed by atoms with Crippen molar-refractivity contribution in [3.63, 3.8) is 0 Å². The van der Waals surface area contributed by atoms with Crippen molar-refractivity contribution in [3.05, 3.63) is 17.5 Å². The first kappa shape index (κ1) is 12.1. The molecular weight excluding hydrogens is 216 g/mol. The third-order valence-corrected chi connectivity index (χ3v) is 3.41. The van der Waals surface area contributed by atoms with E-state index < -0.39 is 0 Å². The van der Waals surface area contributed by atoms with Gasteiger partial charge in [0.05, 0.1) is 12.2 Å². The molecule has 1 fully saturated rings. The normalized spacial score (nSPS) is 21.1. The van der Waals surface area contributed by atoms with Crippen LogP contribution in [-0.2, 0) is 18.4 Å². The van der Waals surface area contributed by atoms with Crippen LogP contribution < -0.4 is 10.6 Å². The van der Waals surface area contributed by atoms with Crippen LogP contribution in [0.25, 0.3) is 0 Å². The summed E-state index contributed by atoms with van der Waals surface area (Å²) in [5, 5.41) is 10.4. The van der Waals surface area contributed by atoms with Crippen LogP contribution in [0.2, 0.25) is 0 Å². The van der Waals surface area contributed by atoms with Crippen molar-refractivity contribution >= 4 is 5.91 Å². The van der Waals surface area contributed by atoms with Crippen LogP contribution in [0.15, 0.2) is 6.20 Å². The van der Waals surface area contributed by atoms with Crippen LogP contribution >= 0.6 is 0 Å². The van der Waals surface area contributed by atoms with E-state index in [9.17, 15) is 4.79 Å². The van der Waals surface area contributed by atoms with Gasteiger partial charge < -0.3 is 10.6 Å². The van der Waals surface area contributed by atoms with Crippen LogP contribution in [0.5, 0.6) is 0 Å². The lowest BCUT2D eigenvalue weighted by molar-refractivity contribution is -0.122. The van der Waals surface area contributed by atoms with E-state index in [-0.39, 0.29) is 11.9 Å². The van der Waals surface area contributed by atoms with Gasteiger partial charge in [0.1, 0.15) is 0 Å². The van der Waals surface area contributed by atoms with Gasteiger partial charge in [0.25, 0.3) is 0 Å². The van der Waals surface area contributed by atoms with E-state index in [1.807, 2.05) is 24.9 Å². The number of carbonyl (C=O) groups is 1. The molecule has 0 saturated carbocycles. The monoisotopic (exact) mass is 236 g/mol. The highest BCUT2D eigenvalue weighted by Crippen LogP contribution is 2.09. The SMILES string of the molecule is Cc1c(CNC2CCCCNC2=O)cnn1C. The first-order chi connectivity index (χ1) is 8.18. The van der Waals surface area contributed by atoms with Gasteiger partial charge in [0, 0.05) is 31.4 Å². The molecule has 5 nitrogen and oxygen atoms in total. The molecule has 1 atom stereocenters. The van der Waals surface area contributed by atoms with E-state index in [0.29, 0.717) is 6.54 Å². The summed E-state index contributed by atoms with van der Waals surface area (Å²) in [5.74, 6) is 0.129. The fourth-order valence-corrected chi connectivity index (χ4v) is 2.08. The van der Waals surface area contributed by atoms with Gasteiger partial charge >= 0.3 is 0 Å². The number of rotatable bonds is 3. The lowest BCUT2D eigenvalue weighted by atomic mass is 10.1. The Morgan fingerprint density at radius 3 is 3.12 bits per heavy atom. The predicted molar refractivity (Wildman–Crippen MR) is 65.4 cm³/mol. The Morgan fingerprint density at radius 2 is 2.41 bits per heavy atom. The maximum absolute atomic E-state index is 11.7. The Labute approximate surface area is 102 Å². The highest BCUT2D eigenvalue weighted by atomic mass is 16.2. The molecule has 0 aromatic carbocycles. The van der Waals surface area contributed by atoms with Crippen LogP contribution in [0.3, 0.4) is 0 Å². The zero-order valence-corrected chi connectivity index (χ0v) is 10.5. The lowest BCUT2D eigenvalue weighted by Crippen LogP contribution is -2.42. The van der Waals surface area contributed by atoms with Gasteiger partial charge in [-0.05, 0) is 26.2 Å². The molecule has 1 aliphatic heterocycles. The Kier molecular flexibility index (Phi) is 3.78. The van der Waals surface area contributed by atoms with E-state index in [0.717, 1.165) is 37.1 Å². The molecule has 2 N–H and O–H groups in total. The summed E-state index contributed by atoms with van der Waals surface area (Å²) in [4.78, 5) is 11.7. The molecule has 0 bridgehead atoms. The topological polar surface area (TPSA) is 58.9 Å². The summed E-state index contributed by atoms with van der Waals surface area (Å²) in [5.41, 5.74) is 2.30. The highest BCUT2D eigenvalue weighted by molar-refractivity contribution is 5.81. The smallest absolute Gasteiger partial charge is 0.237 e. The summed E-state index contributed by atoms with van der Waals surface area (Å²) in [7, 11) is 1.93. The van der Waals surface area contributed by atoms with Crippen LogP contribution in [-0.4, -0.2) is 28.3 Å². The van der Waals surface area contributed by atoms with Crippen LogP contribution in [0, 0.1) is 6.92 Å². The van der Waals surface area contributed by atoms with E-state index in [1.165, 1.54) is 0 Å². The molecule has 1 saturated heterocycles. The number of hydrogen-bond donors (Lipinski definition) is 2. The summed E-state index contributed by atoms with van der Waals surface area (Å²) >= 11 is 0. The van der Waals surface area contributed by atoms with Crippen molar-refractivity contribution in [2.24, 2.45) is 7.05 Å². The van der Waals surface area contributed by atoms with E-state index in [1.54, 1.807) is 0 Å². The molecule has 94 valence electrons. The van der Waals surface area contributed by atoms with Gasteiger partial charge in [0.2, 0.25) is 5.91 Å². The minimum Gasteiger partial charge on any atom is -0.355 e. The van der Waals surface area contributed by atoms with Gasteiger partial charge in [-0.1, -0.05) is 0 Å². The largest absolute Gasteiger partial charge is 0.355 e. The van der Waals surface area contributed by atoms with Gasteiger partial charge in [-0.2, -0.15) is 5.10 Å². The van der Waals surface area contributed by atoms with Crippen molar-refractivity contribution in [1.82, 2.24) is 20.4 Å². The Hall–Kier alpha value is -1.36. The summed E-state index contributed by atoms with van der Waals surface area (Å²) in [6, 6.07) is -0.0582. The second-order valence-electron chi connectivity index (χ2n) is 4.60. The van der Waals surface area contributed by atoms with Crippen molar-refractivity contribution in [1.29, 1.82) is 0 Å². The summed E-state index contributed by atoms with van der Waals surface area (Å²) in [6.45, 7) is 3.55. The molecule has 1 aromatic rings. The third-order valence-electron chi connectivity index (χ3n) is 3.41. The molecule has 1 aromatic heterocycles. The first-order valence-corrected chi connectivity index (χ1v) is 6.17. The molecule has 0 aliphatic carbocycles. The van der Waals surface area contributed by atoms with Gasteiger partial charge in [-0.3, -0.25) is 9.48 Å². The average molecular weight is 236 g/mol. The summed E-state index contributed by atoms with van der Waals surface area (Å²) < 4.78 is 1.85. The number of amides is 1. The van der Waals surface area contributed by atoms with Crippen LogP contribution in [0.4, 0.5) is 0 Å². The maximum Gasteiger partial charge on any atom is 0.237 e. The van der Waals surface area contributed by atoms with Crippen molar-refractivity contribution in [2.75, 3.05) is 6.54 Å². The second kappa shape index (κ2) is 5.31. The fraction of sp³-hybridized carbons (Fsp3) is 0.667. The van der Waals surface area contributed by atoms with Gasteiger partial charge in [-0.15, -0.1) is 0 Å². The Bertz CT molecular complexity index is 399. The predicted octanol–water partition coefficient (Wildman–Crippen LogP) is 0.487. The lowest BCUT2D eigenvalue weighted by Gasteiger charge is -2.14. The third kappa shape index (κ3) is 2.85. The molecular formula is C12H20N4O. The molecule has 2 heterocycles. The molecule has 1 amide bonds. The van der Waals surface area contributed by atoms with E-state index in [4.69, 9.17) is 0 Å². The number of carbonyl (C=O) groups excluding carboxylic acids is 1. The second-order valence-corrected chi connectivity index (χ2v) is 4.60. The number of hydrogen-bond acceptors (Lipinski definition) is 3. The van der Waals surface area contributed by atoms with Crippen molar-refractivity contribution in [3.8, 4) is 0 Å². The number of aryl methyl sites for hydroxylation is 1. The van der Waals surface area contributed by atoms with E-state index in [2.05, 4.69) is 15.7 Å². The van der Waals surface area contributed by atoms with Crippen LogP contribution in [0.1, 0.15) is 30.5 Å². The standard InChI is InChI=1S/C12H20N4O/c1-9-10(8-15-16(9)2)7-14-11-5-3-4-6-13-12(11)17/h8,11,14H,3-7H2,1-2H3,(H,13,17). The van der Waals surface area contributed by atoms with Crippen molar-refractivity contribution < 1.29 is 4.79 Å². The molecule has 17 heavy (non-hydrogen) atoms. The molecule has 5 heteroatoms. The minimum absolute atomic E-state index is 0.0582. The highest BCUT2D eigenvalue weighted by Gasteiger charge is 2.20. The quantitative estimate of drug-likeness (QED) is 0.803. The van der Waals surface area contributed by atoms with E-state index >= 15 is 0 Å². The Balaban J connectivity index is 1.92. The average Bonchev–Trinajstić information content (AvgIpc) is 2.53. The van der Waals surface area contributed by atoms with Gasteiger partial charge in [0.15, 0.2) is 0 Å². The Morgan fingerprint density at radius 1 is 1.59 bits per heavy atom. The number of nitrogens with one attached hydrogen (secondary N) is 2. The summed E-state index contributed by atoms with van der Waals surface area (Å²) in [6.07, 6.45) is 4.96. The first-order valence-electron chi connectivity index (χ1n) is 6.17. The molecule has 2 rings (SSSR count). The number of nitrogens with zero attached hydrogens (tertiary/aromatic N) is 2. The zero-order valence-electron chi connectivity index (χ0n) is 10.5. The zero-order chi connectivity index (χ0) is 12.3. The van der Waals surface area contributed by atoms with Gasteiger partial charge in [-0.25, -0.2) is 0 Å².